The minimum absolute atomic E-state index is 0.0720. The molecule has 18 nitrogen and oxygen atoms in total. The van der Waals surface area contributed by atoms with Crippen molar-refractivity contribution in [2.24, 2.45) is 17.4 Å². The monoisotopic (exact) mass is 564 g/mol. The van der Waals surface area contributed by atoms with Crippen LogP contribution in [-0.2, 0) is 32.3 Å². The number of carbonyl (C=O) groups is 2. The maximum absolute atomic E-state index is 12.9. The van der Waals surface area contributed by atoms with Crippen molar-refractivity contribution in [3.05, 3.63) is 88.0 Å². The maximum atomic E-state index is 12.9. The van der Waals surface area contributed by atoms with Crippen molar-refractivity contribution in [1.82, 2.24) is 0 Å². The largest absolute Gasteiger partial charge is 0.460 e. The first-order valence-corrected chi connectivity index (χ1v) is 11.5. The van der Waals surface area contributed by atoms with E-state index in [4.69, 9.17) is 20.9 Å². The molecule has 0 spiro atoms. The average molecular weight is 564 g/mol. The van der Waals surface area contributed by atoms with E-state index in [1.54, 1.807) is 6.92 Å². The quantitative estimate of drug-likeness (QED) is 0.144. The highest BCUT2D eigenvalue weighted by Gasteiger charge is 2.45. The molecule has 0 fully saturated rings. The zero-order valence-corrected chi connectivity index (χ0v) is 20.9. The van der Waals surface area contributed by atoms with E-state index in [-0.39, 0.29) is 17.5 Å². The number of nitro benzene ring substituents is 4. The summed E-state index contributed by atoms with van der Waals surface area (Å²) in [6, 6.07) is 5.37. The minimum atomic E-state index is -2.51. The number of benzene rings is 2. The molecule has 1 atom stereocenters. The number of non-ortho nitro benzene ring substituents is 2. The minimum Gasteiger partial charge on any atom is -0.460 e. The summed E-state index contributed by atoms with van der Waals surface area (Å²) in [6.07, 6.45) is 0.809. The van der Waals surface area contributed by atoms with Crippen LogP contribution >= 0.6 is 0 Å². The Balaban J connectivity index is 2.23. The van der Waals surface area contributed by atoms with Crippen molar-refractivity contribution in [3.8, 4) is 0 Å². The average Bonchev–Trinajstić information content (AvgIpc) is 2.89. The first-order valence-electron chi connectivity index (χ1n) is 11.5. The van der Waals surface area contributed by atoms with Gasteiger partial charge in [-0.1, -0.05) is 19.8 Å². The van der Waals surface area contributed by atoms with Crippen molar-refractivity contribution in [2.45, 2.75) is 45.1 Å². The number of hydrogen-bond acceptors (Lipinski definition) is 14. The second-order valence-electron chi connectivity index (χ2n) is 8.47. The smallest absolute Gasteiger partial charge is 0.342 e. The molecule has 1 unspecified atom stereocenters. The number of hydrogen-bond donors (Lipinski definition) is 2. The van der Waals surface area contributed by atoms with Gasteiger partial charge in [-0.05, 0) is 18.6 Å². The van der Waals surface area contributed by atoms with Gasteiger partial charge in [0.1, 0.15) is 13.2 Å². The highest BCUT2D eigenvalue weighted by atomic mass is 16.6. The van der Waals surface area contributed by atoms with Gasteiger partial charge in [-0.3, -0.25) is 45.3 Å². The first-order chi connectivity index (χ1) is 18.7. The summed E-state index contributed by atoms with van der Waals surface area (Å²) in [5, 5.41) is 44.5. The molecule has 4 N–H and O–H groups in total. The molecule has 0 aliphatic carbocycles. The van der Waals surface area contributed by atoms with Gasteiger partial charge in [-0.2, -0.15) is 0 Å². The number of nitrogens with zero attached hydrogens (tertiary/aromatic N) is 4. The lowest BCUT2D eigenvalue weighted by Gasteiger charge is -2.30. The van der Waals surface area contributed by atoms with E-state index >= 15 is 0 Å². The van der Waals surface area contributed by atoms with Crippen LogP contribution in [0.4, 0.5) is 22.7 Å². The van der Waals surface area contributed by atoms with E-state index in [0.717, 1.165) is 24.3 Å². The van der Waals surface area contributed by atoms with Gasteiger partial charge in [0.2, 0.25) is 0 Å². The molecule has 0 amide bonds. The van der Waals surface area contributed by atoms with Gasteiger partial charge in [0.25, 0.3) is 22.7 Å². The molecular weight excluding hydrogens is 540 g/mol. The van der Waals surface area contributed by atoms with Crippen molar-refractivity contribution < 1.29 is 38.8 Å². The summed E-state index contributed by atoms with van der Waals surface area (Å²) < 4.78 is 10.1. The summed E-state index contributed by atoms with van der Waals surface area (Å²) in [5.74, 6) is -3.99. The predicted molar refractivity (Wildman–Crippen MR) is 133 cm³/mol. The third-order valence-electron chi connectivity index (χ3n) is 5.74. The predicted octanol–water partition coefficient (Wildman–Crippen LogP) is 2.53. The number of carbonyl (C=O) groups excluding carboxylic acids is 2. The first kappa shape index (κ1) is 31.1. The fourth-order valence-electron chi connectivity index (χ4n) is 3.54. The Morgan fingerprint density at radius 1 is 0.800 bits per heavy atom. The number of rotatable bonds is 14. The number of ether oxygens (including phenoxy) is 2. The lowest BCUT2D eigenvalue weighted by atomic mass is 9.89. The van der Waals surface area contributed by atoms with E-state index in [1.165, 1.54) is 0 Å². The van der Waals surface area contributed by atoms with Crippen LogP contribution in [0.3, 0.4) is 0 Å². The number of nitro groups is 4. The van der Waals surface area contributed by atoms with Gasteiger partial charge < -0.3 is 20.9 Å². The normalized spacial score (nSPS) is 11.8. The van der Waals surface area contributed by atoms with Gasteiger partial charge in [0.15, 0.2) is 5.66 Å². The molecule has 2 aromatic carbocycles. The lowest BCUT2D eigenvalue weighted by Crippen LogP contribution is -2.64. The maximum Gasteiger partial charge on any atom is 0.342 e. The Morgan fingerprint density at radius 3 is 1.65 bits per heavy atom. The van der Waals surface area contributed by atoms with E-state index < -0.39 is 79.2 Å². The van der Waals surface area contributed by atoms with Crippen LogP contribution < -0.4 is 11.5 Å². The van der Waals surface area contributed by atoms with Crippen molar-refractivity contribution in [1.29, 1.82) is 0 Å². The number of nitrogens with two attached hydrogens (primary N) is 2. The van der Waals surface area contributed by atoms with Crippen LogP contribution in [0.2, 0.25) is 0 Å². The van der Waals surface area contributed by atoms with Crippen LogP contribution in [0.5, 0.6) is 0 Å². The van der Waals surface area contributed by atoms with Gasteiger partial charge >= 0.3 is 11.9 Å². The fraction of sp³-hybridized carbons (Fsp3) is 0.364. The molecular formula is C22H24N6O12. The molecule has 0 heterocycles. The van der Waals surface area contributed by atoms with E-state index in [0.29, 0.717) is 25.0 Å². The second-order valence-corrected chi connectivity index (χ2v) is 8.47. The van der Waals surface area contributed by atoms with Crippen LogP contribution in [0.1, 0.15) is 37.3 Å². The zero-order chi connectivity index (χ0) is 30.2. The molecule has 2 rings (SSSR count). The van der Waals surface area contributed by atoms with Crippen molar-refractivity contribution >= 4 is 34.7 Å². The molecule has 18 heteroatoms. The summed E-state index contributed by atoms with van der Waals surface area (Å²) in [7, 11) is 0. The summed E-state index contributed by atoms with van der Waals surface area (Å²) in [6.45, 7) is 0.313. The summed E-state index contributed by atoms with van der Waals surface area (Å²) in [5.41, 5.74) is 6.54. The van der Waals surface area contributed by atoms with Crippen LogP contribution in [0.15, 0.2) is 36.4 Å². The standard InChI is InChI=1S/C22H24N6O12/c1-2-3-4-17(20(29)39-11-13-5-7-15(25(31)32)9-18(13)27(35)36)22(23,24)21(30)40-12-14-6-8-16(26(33)34)10-19(14)28(37)38/h5-10,17H,2-4,11-12,23-24H2,1H3. The highest BCUT2D eigenvalue weighted by Crippen LogP contribution is 2.28. The molecule has 0 saturated carbocycles. The van der Waals surface area contributed by atoms with Crippen LogP contribution in [-0.4, -0.2) is 37.3 Å². The fourth-order valence-corrected chi connectivity index (χ4v) is 3.54. The second kappa shape index (κ2) is 13.1. The SMILES string of the molecule is CCCCC(C(=O)OCc1ccc([N+](=O)[O-])cc1[N+](=O)[O-])C(N)(N)C(=O)OCc1ccc([N+](=O)[O-])cc1[N+](=O)[O-]. The molecule has 0 radical (unpaired) electrons. The summed E-state index contributed by atoms with van der Waals surface area (Å²) in [4.78, 5) is 66.7. The van der Waals surface area contributed by atoms with E-state index in [9.17, 15) is 50.0 Å². The van der Waals surface area contributed by atoms with Gasteiger partial charge in [0.05, 0.1) is 48.9 Å². The Kier molecular flexibility index (Phi) is 10.2. The van der Waals surface area contributed by atoms with Crippen molar-refractivity contribution in [3.63, 3.8) is 0 Å². The third-order valence-corrected chi connectivity index (χ3v) is 5.74. The Bertz CT molecular complexity index is 1350. The number of unbranched alkanes of at least 4 members (excludes halogenated alkanes) is 1. The Morgan fingerprint density at radius 2 is 1.25 bits per heavy atom. The molecule has 0 aliphatic rings. The third kappa shape index (κ3) is 7.48. The lowest BCUT2D eigenvalue weighted by molar-refractivity contribution is -0.395. The highest BCUT2D eigenvalue weighted by molar-refractivity contribution is 5.88. The molecule has 2 aromatic rings. The zero-order valence-electron chi connectivity index (χ0n) is 20.9. The van der Waals surface area contributed by atoms with Gasteiger partial charge in [-0.25, -0.2) is 4.79 Å². The molecule has 214 valence electrons. The molecule has 40 heavy (non-hydrogen) atoms. The Labute approximate surface area is 224 Å². The molecule has 0 aromatic heterocycles. The van der Waals surface area contributed by atoms with Crippen molar-refractivity contribution in [2.75, 3.05) is 0 Å². The summed E-state index contributed by atoms with van der Waals surface area (Å²) >= 11 is 0. The van der Waals surface area contributed by atoms with Gasteiger partial charge in [-0.15, -0.1) is 0 Å². The topological polar surface area (TPSA) is 277 Å². The van der Waals surface area contributed by atoms with Gasteiger partial charge in [0, 0.05) is 12.1 Å². The van der Waals surface area contributed by atoms with Crippen LogP contribution in [0, 0.1) is 46.4 Å². The molecule has 0 bridgehead atoms. The Hall–Kier alpha value is -5.10. The number of esters is 2. The van der Waals surface area contributed by atoms with Crippen LogP contribution in [0.25, 0.3) is 0 Å². The molecule has 0 saturated heterocycles. The van der Waals surface area contributed by atoms with E-state index in [2.05, 4.69) is 0 Å². The van der Waals surface area contributed by atoms with E-state index in [1.807, 2.05) is 0 Å². The molecule has 0 aliphatic heterocycles.